The Hall–Kier alpha value is -0.380. The lowest BCUT2D eigenvalue weighted by molar-refractivity contribution is 0.125. The van der Waals surface area contributed by atoms with Crippen LogP contribution in [-0.4, -0.2) is 68.1 Å². The minimum absolute atomic E-state index is 0. The van der Waals surface area contributed by atoms with E-state index in [1.807, 2.05) is 18.4 Å². The highest BCUT2D eigenvalue weighted by atomic mass is 127. The molecule has 2 atom stereocenters. The second-order valence-electron chi connectivity index (χ2n) is 8.50. The van der Waals surface area contributed by atoms with Gasteiger partial charge in [0, 0.05) is 49.7 Å². The third kappa shape index (κ3) is 8.34. The van der Waals surface area contributed by atoms with Crippen LogP contribution in [0.1, 0.15) is 57.9 Å². The first-order valence-corrected chi connectivity index (χ1v) is 11.8. The van der Waals surface area contributed by atoms with E-state index in [0.717, 1.165) is 32.0 Å². The predicted molar refractivity (Wildman–Crippen MR) is 139 cm³/mol. The lowest BCUT2D eigenvalue weighted by Crippen LogP contribution is -2.45. The van der Waals surface area contributed by atoms with Crippen LogP contribution < -0.4 is 10.6 Å². The molecule has 0 spiro atoms. The topological polar surface area (TPSA) is 42.9 Å². The van der Waals surface area contributed by atoms with Gasteiger partial charge in [0.05, 0.1) is 0 Å². The second-order valence-corrected chi connectivity index (χ2v) is 9.48. The molecule has 0 radical (unpaired) electrons. The Morgan fingerprint density at radius 2 is 2.00 bits per heavy atom. The summed E-state index contributed by atoms with van der Waals surface area (Å²) in [5.41, 5.74) is 0. The molecule has 1 fully saturated rings. The number of thiophene rings is 1. The summed E-state index contributed by atoms with van der Waals surface area (Å²) in [5, 5.41) is 9.29. The third-order valence-corrected chi connectivity index (χ3v) is 6.75. The van der Waals surface area contributed by atoms with E-state index >= 15 is 0 Å². The van der Waals surface area contributed by atoms with Crippen LogP contribution in [0.4, 0.5) is 0 Å². The van der Waals surface area contributed by atoms with Crippen molar-refractivity contribution >= 4 is 41.3 Å². The number of nitrogens with one attached hydrogen (secondary N) is 2. The first-order chi connectivity index (χ1) is 13.4. The predicted octanol–water partition coefficient (Wildman–Crippen LogP) is 4.42. The molecule has 2 rings (SSSR count). The highest BCUT2D eigenvalue weighted by Crippen LogP contribution is 2.36. The van der Waals surface area contributed by atoms with Crippen molar-refractivity contribution in [2.75, 3.05) is 40.3 Å². The number of aliphatic imine (C=N–C) groups is 1. The van der Waals surface area contributed by atoms with Crippen molar-refractivity contribution in [3.05, 3.63) is 22.4 Å². The second kappa shape index (κ2) is 13.8. The van der Waals surface area contributed by atoms with Crippen molar-refractivity contribution in [2.45, 2.75) is 65.1 Å². The summed E-state index contributed by atoms with van der Waals surface area (Å²) in [7, 11) is 4.13. The zero-order valence-corrected chi connectivity index (χ0v) is 22.3. The normalized spacial score (nSPS) is 20.9. The Morgan fingerprint density at radius 1 is 1.28 bits per heavy atom. The number of hydrogen-bond acceptors (Lipinski definition) is 4. The molecule has 0 aliphatic carbocycles. The van der Waals surface area contributed by atoms with Crippen LogP contribution in [0.3, 0.4) is 0 Å². The van der Waals surface area contributed by atoms with Gasteiger partial charge in [-0.1, -0.05) is 6.07 Å². The molecule has 0 saturated carbocycles. The van der Waals surface area contributed by atoms with Crippen molar-refractivity contribution in [1.82, 2.24) is 20.4 Å². The highest BCUT2D eigenvalue weighted by Gasteiger charge is 2.31. The fourth-order valence-electron chi connectivity index (χ4n) is 4.41. The molecule has 1 aliphatic rings. The largest absolute Gasteiger partial charge is 0.356 e. The molecule has 1 aliphatic heterocycles. The molecule has 5 nitrogen and oxygen atoms in total. The molecule has 29 heavy (non-hydrogen) atoms. The van der Waals surface area contributed by atoms with E-state index in [4.69, 9.17) is 0 Å². The molecule has 2 N–H and O–H groups in total. The van der Waals surface area contributed by atoms with Gasteiger partial charge in [0.1, 0.15) is 0 Å². The zero-order valence-electron chi connectivity index (χ0n) is 19.1. The monoisotopic (exact) mass is 535 g/mol. The van der Waals surface area contributed by atoms with E-state index in [0.29, 0.717) is 24.0 Å². The van der Waals surface area contributed by atoms with Gasteiger partial charge >= 0.3 is 0 Å². The summed E-state index contributed by atoms with van der Waals surface area (Å²) in [4.78, 5) is 11.0. The summed E-state index contributed by atoms with van der Waals surface area (Å²) in [6.07, 6.45) is 3.67. The van der Waals surface area contributed by atoms with Crippen LogP contribution >= 0.6 is 35.3 Å². The van der Waals surface area contributed by atoms with Crippen LogP contribution in [0.25, 0.3) is 0 Å². The van der Waals surface area contributed by atoms with E-state index in [1.54, 1.807) is 0 Å². The number of halogens is 1. The lowest BCUT2D eigenvalue weighted by Gasteiger charge is -2.39. The van der Waals surface area contributed by atoms with E-state index in [1.165, 1.54) is 24.3 Å². The fraction of sp³-hybridized carbons (Fsp3) is 0.773. The van der Waals surface area contributed by atoms with Crippen molar-refractivity contribution < 1.29 is 0 Å². The molecule has 0 bridgehead atoms. The highest BCUT2D eigenvalue weighted by molar-refractivity contribution is 14.0. The van der Waals surface area contributed by atoms with Crippen molar-refractivity contribution in [2.24, 2.45) is 10.9 Å². The van der Waals surface area contributed by atoms with Crippen molar-refractivity contribution in [1.29, 1.82) is 0 Å². The third-order valence-electron chi connectivity index (χ3n) is 5.81. The van der Waals surface area contributed by atoms with Crippen LogP contribution in [0.15, 0.2) is 22.5 Å². The molecule has 2 unspecified atom stereocenters. The van der Waals surface area contributed by atoms with Gasteiger partial charge in [-0.3, -0.25) is 14.8 Å². The first-order valence-electron chi connectivity index (χ1n) is 10.9. The van der Waals surface area contributed by atoms with Gasteiger partial charge in [0.15, 0.2) is 5.96 Å². The Bertz CT molecular complexity index is 568. The van der Waals surface area contributed by atoms with E-state index in [-0.39, 0.29) is 24.0 Å². The van der Waals surface area contributed by atoms with Gasteiger partial charge < -0.3 is 10.6 Å². The molecule has 7 heteroatoms. The van der Waals surface area contributed by atoms with E-state index in [9.17, 15) is 0 Å². The van der Waals surface area contributed by atoms with Gasteiger partial charge in [0.2, 0.25) is 0 Å². The molecule has 1 saturated heterocycles. The zero-order chi connectivity index (χ0) is 20.5. The Kier molecular flexibility index (Phi) is 12.7. The number of guanidine groups is 1. The van der Waals surface area contributed by atoms with Gasteiger partial charge in [-0.2, -0.15) is 0 Å². The maximum atomic E-state index is 4.44. The minimum atomic E-state index is 0. The van der Waals surface area contributed by atoms with Crippen molar-refractivity contribution in [3.8, 4) is 0 Å². The van der Waals surface area contributed by atoms with Crippen LogP contribution in [-0.2, 0) is 0 Å². The SMILES string of the molecule is CN=C(NCCCN(C(C)C)C(C)C)NCC1CCCN(C)C1c1cccs1.I. The van der Waals surface area contributed by atoms with E-state index < -0.39 is 0 Å². The summed E-state index contributed by atoms with van der Waals surface area (Å²) in [6, 6.07) is 6.16. The smallest absolute Gasteiger partial charge is 0.190 e. The van der Waals surface area contributed by atoms with Crippen LogP contribution in [0, 0.1) is 5.92 Å². The van der Waals surface area contributed by atoms with Crippen LogP contribution in [0.5, 0.6) is 0 Å². The molecule has 2 heterocycles. The lowest BCUT2D eigenvalue weighted by atomic mass is 9.88. The molecular formula is C22H42IN5S. The summed E-state index contributed by atoms with van der Waals surface area (Å²) in [5.74, 6) is 1.55. The van der Waals surface area contributed by atoms with Crippen molar-refractivity contribution in [3.63, 3.8) is 0 Å². The molecule has 1 aromatic heterocycles. The number of piperidine rings is 1. The number of rotatable bonds is 9. The summed E-state index contributed by atoms with van der Waals surface area (Å²) < 4.78 is 0. The average molecular weight is 536 g/mol. The summed E-state index contributed by atoms with van der Waals surface area (Å²) >= 11 is 1.88. The standard InChI is InChI=1S/C22H41N5S.HI/c1-17(2)27(18(3)4)14-9-12-24-22(23-5)25-16-19-10-7-13-26(6)21(19)20-11-8-15-28-20;/h8,11,15,17-19,21H,7,9-10,12-14,16H2,1-6H3,(H2,23,24,25);1H. The van der Waals surface area contributed by atoms with E-state index in [2.05, 4.69) is 77.7 Å². The Morgan fingerprint density at radius 3 is 2.59 bits per heavy atom. The summed E-state index contributed by atoms with van der Waals surface area (Å²) in [6.45, 7) is 13.3. The number of hydrogen-bond donors (Lipinski definition) is 2. The Balaban J connectivity index is 0.00000420. The molecule has 0 aromatic carbocycles. The quantitative estimate of drug-likeness (QED) is 0.213. The Labute approximate surface area is 199 Å². The molecule has 168 valence electrons. The number of likely N-dealkylation sites (tertiary alicyclic amines) is 1. The van der Waals surface area contributed by atoms with Gasteiger partial charge in [-0.25, -0.2) is 0 Å². The molecule has 1 aromatic rings. The maximum absolute atomic E-state index is 4.44. The van der Waals surface area contributed by atoms with Gasteiger partial charge in [0.25, 0.3) is 0 Å². The first kappa shape index (κ1) is 26.7. The maximum Gasteiger partial charge on any atom is 0.190 e. The van der Waals surface area contributed by atoms with Gasteiger partial charge in [-0.05, 0) is 77.9 Å². The molecule has 0 amide bonds. The average Bonchev–Trinajstić information content (AvgIpc) is 3.17. The van der Waals surface area contributed by atoms with Crippen LogP contribution in [0.2, 0.25) is 0 Å². The fourth-order valence-corrected chi connectivity index (χ4v) is 5.40. The molecular weight excluding hydrogens is 493 g/mol. The number of nitrogens with zero attached hydrogens (tertiary/aromatic N) is 3. The van der Waals surface area contributed by atoms with Gasteiger partial charge in [-0.15, -0.1) is 35.3 Å². The minimum Gasteiger partial charge on any atom is -0.356 e.